The Kier molecular flexibility index (Phi) is 1.91. The van der Waals surface area contributed by atoms with Crippen molar-refractivity contribution in [2.24, 2.45) is 5.73 Å². The van der Waals surface area contributed by atoms with Gasteiger partial charge in [0, 0.05) is 11.4 Å². The molecule has 0 aliphatic heterocycles. The van der Waals surface area contributed by atoms with Crippen LogP contribution in [0.25, 0.3) is 0 Å². The van der Waals surface area contributed by atoms with Gasteiger partial charge in [0.25, 0.3) is 5.91 Å². The zero-order chi connectivity index (χ0) is 7.56. The Morgan fingerprint density at radius 1 is 1.80 bits per heavy atom. The Morgan fingerprint density at radius 3 is 2.80 bits per heavy atom. The van der Waals surface area contributed by atoms with Crippen LogP contribution in [-0.4, -0.2) is 13.0 Å². The fourth-order valence-electron chi connectivity index (χ4n) is 0.555. The quantitative estimate of drug-likeness (QED) is 0.692. The molecule has 0 aliphatic rings. The fourth-order valence-corrected chi connectivity index (χ4v) is 1.26. The molecule has 3 nitrogen and oxygen atoms in total. The molecule has 2 N–H and O–H groups in total. The van der Waals surface area contributed by atoms with Gasteiger partial charge in [-0.2, -0.15) is 0 Å². The van der Waals surface area contributed by atoms with E-state index in [-0.39, 0.29) is 0 Å². The van der Waals surface area contributed by atoms with Crippen molar-refractivity contribution in [2.45, 2.75) is 0 Å². The van der Waals surface area contributed by atoms with E-state index in [2.05, 4.69) is 0 Å². The van der Waals surface area contributed by atoms with E-state index in [1.807, 2.05) is 0 Å². The number of ether oxygens (including phenoxy) is 1. The largest absolute Gasteiger partial charge is 0.496 e. The summed E-state index contributed by atoms with van der Waals surface area (Å²) in [4.78, 5) is 11.0. The molecule has 54 valence electrons. The van der Waals surface area contributed by atoms with Gasteiger partial charge in [-0.1, -0.05) is 0 Å². The first-order valence-electron chi connectivity index (χ1n) is 2.66. The summed E-state index contributed by atoms with van der Waals surface area (Å²) in [7, 11) is 1.55. The van der Waals surface area contributed by atoms with Gasteiger partial charge in [-0.25, -0.2) is 0 Å². The Labute approximate surface area is 62.4 Å². The highest BCUT2D eigenvalue weighted by atomic mass is 32.1. The molecule has 0 spiro atoms. The average molecular weight is 157 g/mol. The third-order valence-corrected chi connectivity index (χ3v) is 1.98. The predicted octanol–water partition coefficient (Wildman–Crippen LogP) is 0.856. The molecule has 4 heteroatoms. The number of hydrogen-bond donors (Lipinski definition) is 1. The SMILES string of the molecule is COc1csc(C(N)=O)c1. The smallest absolute Gasteiger partial charge is 0.258 e. The van der Waals surface area contributed by atoms with Gasteiger partial charge >= 0.3 is 0 Å². The van der Waals surface area contributed by atoms with Crippen LogP contribution in [0.3, 0.4) is 0 Å². The molecule has 10 heavy (non-hydrogen) atoms. The van der Waals surface area contributed by atoms with E-state index in [1.54, 1.807) is 18.6 Å². The highest BCUT2D eigenvalue weighted by Crippen LogP contribution is 2.19. The number of thiophene rings is 1. The molecule has 1 amide bonds. The van der Waals surface area contributed by atoms with Gasteiger partial charge in [0.05, 0.1) is 12.0 Å². The van der Waals surface area contributed by atoms with Crippen LogP contribution < -0.4 is 10.5 Å². The predicted molar refractivity (Wildman–Crippen MR) is 39.4 cm³/mol. The van der Waals surface area contributed by atoms with Crippen molar-refractivity contribution in [3.8, 4) is 5.75 Å². The number of primary amides is 1. The first-order chi connectivity index (χ1) is 4.74. The van der Waals surface area contributed by atoms with Gasteiger partial charge < -0.3 is 10.5 Å². The number of carbonyl (C=O) groups is 1. The standard InChI is InChI=1S/C6H7NO2S/c1-9-4-2-5(6(7)8)10-3-4/h2-3H,1H3,(H2,7,8). The maximum absolute atomic E-state index is 10.5. The van der Waals surface area contributed by atoms with Crippen LogP contribution in [-0.2, 0) is 0 Å². The summed E-state index contributed by atoms with van der Waals surface area (Å²) in [6.07, 6.45) is 0. The van der Waals surface area contributed by atoms with Crippen LogP contribution in [0, 0.1) is 0 Å². The van der Waals surface area contributed by atoms with Crippen molar-refractivity contribution >= 4 is 17.2 Å². The molecule has 0 aliphatic carbocycles. The third kappa shape index (κ3) is 1.27. The first-order valence-corrected chi connectivity index (χ1v) is 3.54. The summed E-state index contributed by atoms with van der Waals surface area (Å²) in [5.74, 6) is 0.270. The molecular formula is C6H7NO2S. The van der Waals surface area contributed by atoms with Crippen molar-refractivity contribution in [1.82, 2.24) is 0 Å². The number of amides is 1. The second-order valence-corrected chi connectivity index (χ2v) is 2.63. The topological polar surface area (TPSA) is 52.3 Å². The van der Waals surface area contributed by atoms with E-state index in [9.17, 15) is 4.79 Å². The Bertz CT molecular complexity index is 244. The van der Waals surface area contributed by atoms with Crippen LogP contribution in [0.15, 0.2) is 11.4 Å². The Hall–Kier alpha value is -1.03. The monoisotopic (exact) mass is 157 g/mol. The number of methoxy groups -OCH3 is 1. The Morgan fingerprint density at radius 2 is 2.50 bits per heavy atom. The van der Waals surface area contributed by atoms with E-state index in [0.717, 1.165) is 0 Å². The summed E-state index contributed by atoms with van der Waals surface area (Å²) in [6.45, 7) is 0. The average Bonchev–Trinajstić information content (AvgIpc) is 2.34. The lowest BCUT2D eigenvalue weighted by atomic mass is 10.4. The highest BCUT2D eigenvalue weighted by Gasteiger charge is 2.03. The maximum Gasteiger partial charge on any atom is 0.258 e. The molecule has 1 aromatic rings. The molecule has 0 unspecified atom stereocenters. The Balaban J connectivity index is 2.88. The molecule has 0 saturated carbocycles. The highest BCUT2D eigenvalue weighted by molar-refractivity contribution is 7.12. The van der Waals surface area contributed by atoms with E-state index < -0.39 is 5.91 Å². The van der Waals surface area contributed by atoms with Gasteiger partial charge in [-0.15, -0.1) is 11.3 Å². The number of rotatable bonds is 2. The molecule has 0 bridgehead atoms. The summed E-state index contributed by atoms with van der Waals surface area (Å²) < 4.78 is 4.85. The van der Waals surface area contributed by atoms with Gasteiger partial charge in [0.1, 0.15) is 5.75 Å². The van der Waals surface area contributed by atoms with Gasteiger partial charge in [0.2, 0.25) is 0 Å². The molecule has 1 rings (SSSR count). The lowest BCUT2D eigenvalue weighted by Gasteiger charge is -1.88. The number of hydrogen-bond acceptors (Lipinski definition) is 3. The van der Waals surface area contributed by atoms with Gasteiger partial charge in [-0.05, 0) is 0 Å². The van der Waals surface area contributed by atoms with E-state index >= 15 is 0 Å². The van der Waals surface area contributed by atoms with Crippen molar-refractivity contribution < 1.29 is 9.53 Å². The molecule has 0 atom stereocenters. The van der Waals surface area contributed by atoms with Gasteiger partial charge in [0.15, 0.2) is 0 Å². The van der Waals surface area contributed by atoms with Crippen molar-refractivity contribution in [3.63, 3.8) is 0 Å². The van der Waals surface area contributed by atoms with Gasteiger partial charge in [-0.3, -0.25) is 4.79 Å². The second-order valence-electron chi connectivity index (χ2n) is 1.72. The third-order valence-electron chi connectivity index (χ3n) is 1.05. The summed E-state index contributed by atoms with van der Waals surface area (Å²) in [6, 6.07) is 1.62. The lowest BCUT2D eigenvalue weighted by molar-refractivity contribution is 0.100. The molecule has 1 aromatic heterocycles. The maximum atomic E-state index is 10.5. The van der Waals surface area contributed by atoms with E-state index in [4.69, 9.17) is 10.5 Å². The minimum absolute atomic E-state index is 0.409. The minimum atomic E-state index is -0.409. The molecule has 0 fully saturated rings. The molecule has 0 aromatic carbocycles. The van der Waals surface area contributed by atoms with Crippen LogP contribution in [0.2, 0.25) is 0 Å². The summed E-state index contributed by atoms with van der Waals surface area (Å²) >= 11 is 1.28. The lowest BCUT2D eigenvalue weighted by Crippen LogP contribution is -2.08. The van der Waals surface area contributed by atoms with E-state index in [1.165, 1.54) is 11.3 Å². The summed E-state index contributed by atoms with van der Waals surface area (Å²) in [5.41, 5.74) is 5.00. The summed E-state index contributed by atoms with van der Waals surface area (Å²) in [5, 5.41) is 1.74. The van der Waals surface area contributed by atoms with Crippen LogP contribution in [0.5, 0.6) is 5.75 Å². The second kappa shape index (κ2) is 2.70. The fraction of sp³-hybridized carbons (Fsp3) is 0.167. The van der Waals surface area contributed by atoms with Crippen molar-refractivity contribution in [3.05, 3.63) is 16.3 Å². The van der Waals surface area contributed by atoms with Crippen LogP contribution in [0.4, 0.5) is 0 Å². The van der Waals surface area contributed by atoms with Crippen LogP contribution >= 0.6 is 11.3 Å². The minimum Gasteiger partial charge on any atom is -0.496 e. The normalized spacial score (nSPS) is 9.30. The van der Waals surface area contributed by atoms with Crippen molar-refractivity contribution in [1.29, 1.82) is 0 Å². The molecular weight excluding hydrogens is 150 g/mol. The number of nitrogens with two attached hydrogens (primary N) is 1. The number of carbonyl (C=O) groups excluding carboxylic acids is 1. The van der Waals surface area contributed by atoms with Crippen molar-refractivity contribution in [2.75, 3.05) is 7.11 Å². The van der Waals surface area contributed by atoms with E-state index in [0.29, 0.717) is 10.6 Å². The zero-order valence-electron chi connectivity index (χ0n) is 5.46. The molecule has 0 saturated heterocycles. The first kappa shape index (κ1) is 7.08. The van der Waals surface area contributed by atoms with Crippen LogP contribution in [0.1, 0.15) is 9.67 Å². The zero-order valence-corrected chi connectivity index (χ0v) is 6.27. The molecule has 0 radical (unpaired) electrons. The molecule has 1 heterocycles.